The summed E-state index contributed by atoms with van der Waals surface area (Å²) < 4.78 is 2.20. The summed E-state index contributed by atoms with van der Waals surface area (Å²) >= 11 is 5.87. The third-order valence-electron chi connectivity index (χ3n) is 4.45. The zero-order chi connectivity index (χ0) is 19.2. The first kappa shape index (κ1) is 19.4. The fourth-order valence-electron chi connectivity index (χ4n) is 2.98. The Morgan fingerprint density at radius 1 is 1.22 bits per heavy atom. The first-order valence-electron chi connectivity index (χ1n) is 9.38. The van der Waals surface area contributed by atoms with E-state index < -0.39 is 0 Å². The molecule has 0 atom stereocenters. The molecule has 0 saturated heterocycles. The van der Waals surface area contributed by atoms with Gasteiger partial charge in [0.25, 0.3) is 0 Å². The van der Waals surface area contributed by atoms with Gasteiger partial charge in [0.15, 0.2) is 5.65 Å². The summed E-state index contributed by atoms with van der Waals surface area (Å²) in [5.41, 5.74) is 2.61. The van der Waals surface area contributed by atoms with E-state index in [9.17, 15) is 4.79 Å². The second-order valence-electron chi connectivity index (χ2n) is 7.12. The van der Waals surface area contributed by atoms with Crippen LogP contribution in [0.2, 0.25) is 5.02 Å². The number of anilines is 1. The number of rotatable bonds is 8. The Morgan fingerprint density at radius 3 is 2.74 bits per heavy atom. The van der Waals surface area contributed by atoms with Crippen molar-refractivity contribution in [1.82, 2.24) is 14.5 Å². The third kappa shape index (κ3) is 5.30. The van der Waals surface area contributed by atoms with Gasteiger partial charge in [-0.1, -0.05) is 25.4 Å². The molecule has 0 saturated carbocycles. The number of nitrogens with zero attached hydrogens (tertiary/aromatic N) is 3. The number of halogens is 1. The third-order valence-corrected chi connectivity index (χ3v) is 4.70. The molecule has 1 N–H and O–H groups in total. The van der Waals surface area contributed by atoms with E-state index in [0.29, 0.717) is 17.4 Å². The number of fused-ring (bicyclic) bond motifs is 1. The average Bonchev–Trinajstić information content (AvgIpc) is 2.99. The van der Waals surface area contributed by atoms with E-state index in [1.165, 1.54) is 0 Å². The van der Waals surface area contributed by atoms with Crippen LogP contribution < -0.4 is 5.32 Å². The first-order valence-corrected chi connectivity index (χ1v) is 9.76. The van der Waals surface area contributed by atoms with E-state index in [1.807, 2.05) is 12.1 Å². The molecule has 0 fully saturated rings. The van der Waals surface area contributed by atoms with Crippen molar-refractivity contribution in [2.45, 2.75) is 46.1 Å². The molecule has 0 spiro atoms. The maximum absolute atomic E-state index is 12.2. The van der Waals surface area contributed by atoms with Crippen LogP contribution in [-0.2, 0) is 17.8 Å². The van der Waals surface area contributed by atoms with E-state index in [1.54, 1.807) is 30.5 Å². The number of carbonyl (C=O) groups excluding carboxylic acids is 1. The van der Waals surface area contributed by atoms with Crippen LogP contribution in [0.25, 0.3) is 11.2 Å². The lowest BCUT2D eigenvalue weighted by atomic mass is 10.1. The molecule has 0 aliphatic heterocycles. The molecular formula is C21H25ClN4O. The van der Waals surface area contributed by atoms with Gasteiger partial charge in [0, 0.05) is 36.3 Å². The lowest BCUT2D eigenvalue weighted by Crippen LogP contribution is -2.12. The number of nitrogens with one attached hydrogen (secondary N) is 1. The highest BCUT2D eigenvalue weighted by molar-refractivity contribution is 6.30. The summed E-state index contributed by atoms with van der Waals surface area (Å²) in [6, 6.07) is 11.0. The summed E-state index contributed by atoms with van der Waals surface area (Å²) in [6.07, 6.45) is 4.82. The number of amides is 1. The molecule has 2 aromatic heterocycles. The van der Waals surface area contributed by atoms with Gasteiger partial charge in [0.05, 0.1) is 0 Å². The molecule has 1 amide bonds. The van der Waals surface area contributed by atoms with Gasteiger partial charge in [-0.25, -0.2) is 9.97 Å². The van der Waals surface area contributed by atoms with Gasteiger partial charge >= 0.3 is 0 Å². The predicted molar refractivity (Wildman–Crippen MR) is 110 cm³/mol. The van der Waals surface area contributed by atoms with Gasteiger partial charge in [-0.15, -0.1) is 0 Å². The van der Waals surface area contributed by atoms with Gasteiger partial charge in [0.1, 0.15) is 11.3 Å². The maximum Gasteiger partial charge on any atom is 0.224 e. The molecule has 0 aliphatic carbocycles. The molecule has 3 rings (SSSR count). The van der Waals surface area contributed by atoms with Crippen LogP contribution in [-0.4, -0.2) is 20.4 Å². The summed E-state index contributed by atoms with van der Waals surface area (Å²) in [6.45, 7) is 5.33. The highest BCUT2D eigenvalue weighted by atomic mass is 35.5. The number of pyridine rings is 1. The van der Waals surface area contributed by atoms with Crippen molar-refractivity contribution in [3.8, 4) is 0 Å². The first-order chi connectivity index (χ1) is 13.0. The van der Waals surface area contributed by atoms with Crippen molar-refractivity contribution in [3.63, 3.8) is 0 Å². The molecular weight excluding hydrogens is 360 g/mol. The summed E-state index contributed by atoms with van der Waals surface area (Å²) in [5, 5.41) is 3.55. The fourth-order valence-corrected chi connectivity index (χ4v) is 3.11. The molecule has 3 aromatic rings. The van der Waals surface area contributed by atoms with E-state index in [-0.39, 0.29) is 5.91 Å². The van der Waals surface area contributed by atoms with Gasteiger partial charge in [-0.2, -0.15) is 0 Å². The highest BCUT2D eigenvalue weighted by Crippen LogP contribution is 2.18. The fraction of sp³-hybridized carbons (Fsp3) is 0.381. The second kappa shape index (κ2) is 9.00. The number of hydrogen-bond donors (Lipinski definition) is 1. The Labute approximate surface area is 164 Å². The molecule has 0 aliphatic rings. The van der Waals surface area contributed by atoms with E-state index in [2.05, 4.69) is 28.7 Å². The number of benzene rings is 1. The number of imidazole rings is 1. The average molecular weight is 385 g/mol. The van der Waals surface area contributed by atoms with Crippen LogP contribution in [0.3, 0.4) is 0 Å². The normalized spacial score (nSPS) is 11.3. The summed E-state index contributed by atoms with van der Waals surface area (Å²) in [5.74, 6) is 1.62. The number of aryl methyl sites for hydroxylation is 2. The van der Waals surface area contributed by atoms with Gasteiger partial charge < -0.3 is 9.88 Å². The Kier molecular flexibility index (Phi) is 6.45. The van der Waals surface area contributed by atoms with Gasteiger partial charge in [-0.05, 0) is 55.2 Å². The van der Waals surface area contributed by atoms with Crippen molar-refractivity contribution in [2.24, 2.45) is 5.92 Å². The van der Waals surface area contributed by atoms with Crippen LogP contribution in [0.4, 0.5) is 5.69 Å². The van der Waals surface area contributed by atoms with Crippen LogP contribution in [0, 0.1) is 5.92 Å². The number of hydrogen-bond acceptors (Lipinski definition) is 3. The Hall–Kier alpha value is -2.40. The maximum atomic E-state index is 12.2. The van der Waals surface area contributed by atoms with E-state index >= 15 is 0 Å². The van der Waals surface area contributed by atoms with Crippen LogP contribution >= 0.6 is 11.6 Å². The highest BCUT2D eigenvalue weighted by Gasteiger charge is 2.12. The minimum atomic E-state index is 0.000268. The molecule has 0 radical (unpaired) electrons. The predicted octanol–water partition coefficient (Wildman–Crippen LogP) is 5.09. The summed E-state index contributed by atoms with van der Waals surface area (Å²) in [4.78, 5) is 21.4. The minimum Gasteiger partial charge on any atom is -0.326 e. The molecule has 5 nitrogen and oxygen atoms in total. The van der Waals surface area contributed by atoms with Crippen LogP contribution in [0.15, 0.2) is 42.6 Å². The SMILES string of the molecule is CC(C)CCn1c(CCCC(=O)Nc2ccc(Cl)cc2)nc2cccnc21. The van der Waals surface area contributed by atoms with Crippen molar-refractivity contribution in [2.75, 3.05) is 5.32 Å². The van der Waals surface area contributed by atoms with E-state index in [4.69, 9.17) is 16.6 Å². The Balaban J connectivity index is 1.61. The topological polar surface area (TPSA) is 59.8 Å². The summed E-state index contributed by atoms with van der Waals surface area (Å²) in [7, 11) is 0. The molecule has 27 heavy (non-hydrogen) atoms. The lowest BCUT2D eigenvalue weighted by Gasteiger charge is -2.10. The molecule has 1 aromatic carbocycles. The molecule has 142 valence electrons. The Morgan fingerprint density at radius 2 is 2.00 bits per heavy atom. The lowest BCUT2D eigenvalue weighted by molar-refractivity contribution is -0.116. The standard InChI is InChI=1S/C21H25ClN4O/c1-15(2)12-14-26-19(25-18-5-4-13-23-21(18)26)6-3-7-20(27)24-17-10-8-16(22)9-11-17/h4-5,8-11,13,15H,3,6-7,12,14H2,1-2H3,(H,24,27). The largest absolute Gasteiger partial charge is 0.326 e. The van der Waals surface area contributed by atoms with Crippen molar-refractivity contribution in [1.29, 1.82) is 0 Å². The molecule has 2 heterocycles. The van der Waals surface area contributed by atoms with Crippen molar-refractivity contribution >= 4 is 34.4 Å². The molecule has 0 unspecified atom stereocenters. The molecule has 6 heteroatoms. The Bertz CT molecular complexity index is 902. The van der Waals surface area contributed by atoms with Gasteiger partial charge in [-0.3, -0.25) is 4.79 Å². The second-order valence-corrected chi connectivity index (χ2v) is 7.55. The van der Waals surface area contributed by atoms with Crippen molar-refractivity contribution < 1.29 is 4.79 Å². The smallest absolute Gasteiger partial charge is 0.224 e. The zero-order valence-corrected chi connectivity index (χ0v) is 16.5. The quantitative estimate of drug-likeness (QED) is 0.588. The van der Waals surface area contributed by atoms with Crippen LogP contribution in [0.5, 0.6) is 0 Å². The monoisotopic (exact) mass is 384 g/mol. The molecule has 0 bridgehead atoms. The van der Waals surface area contributed by atoms with E-state index in [0.717, 1.165) is 48.5 Å². The van der Waals surface area contributed by atoms with Crippen molar-refractivity contribution in [3.05, 3.63) is 53.4 Å². The van der Waals surface area contributed by atoms with Gasteiger partial charge in [0.2, 0.25) is 5.91 Å². The number of aromatic nitrogens is 3. The number of carbonyl (C=O) groups is 1. The minimum absolute atomic E-state index is 0.000268. The zero-order valence-electron chi connectivity index (χ0n) is 15.8. The van der Waals surface area contributed by atoms with Crippen LogP contribution in [0.1, 0.15) is 38.9 Å².